The molecule has 1 aliphatic heterocycles. The number of piperidine rings is 1. The number of likely N-dealkylation sites (tertiary alicyclic amines) is 1. The number of Topliss-reactive ketones (excluding diaryl/α,β-unsaturated/α-hetero) is 1. The summed E-state index contributed by atoms with van der Waals surface area (Å²) in [6.45, 7) is 9.88. The standard InChI is InChI=1S/C18H25NO6/c1-5-11-24-17(23)13-9-7-8-10-19(13)16(22)15(21)18(3,4)12-25-14(20)6-2/h5-6,13H,1-2,7-12H2,3-4H3/t13-/m0/s1. The zero-order valence-corrected chi connectivity index (χ0v) is 14.8. The van der Waals surface area contributed by atoms with Crippen LogP contribution in [0.4, 0.5) is 0 Å². The first-order chi connectivity index (χ1) is 11.7. The molecular weight excluding hydrogens is 326 g/mol. The third-order valence-corrected chi connectivity index (χ3v) is 3.93. The maximum Gasteiger partial charge on any atom is 0.330 e. The quantitative estimate of drug-likeness (QED) is 0.284. The molecule has 1 aliphatic rings. The number of rotatable bonds is 8. The summed E-state index contributed by atoms with van der Waals surface area (Å²) in [6, 6.07) is -0.781. The summed E-state index contributed by atoms with van der Waals surface area (Å²) in [5.41, 5.74) is -1.21. The second-order valence-electron chi connectivity index (χ2n) is 6.45. The molecule has 0 aromatic carbocycles. The van der Waals surface area contributed by atoms with Gasteiger partial charge >= 0.3 is 11.9 Å². The van der Waals surface area contributed by atoms with E-state index in [4.69, 9.17) is 9.47 Å². The lowest BCUT2D eigenvalue weighted by molar-refractivity contribution is -0.161. The highest BCUT2D eigenvalue weighted by Gasteiger charge is 2.41. The maximum absolute atomic E-state index is 12.6. The van der Waals surface area contributed by atoms with Crippen LogP contribution in [0.25, 0.3) is 0 Å². The highest BCUT2D eigenvalue weighted by molar-refractivity contribution is 6.38. The van der Waals surface area contributed by atoms with Crippen LogP contribution in [-0.4, -0.2) is 54.3 Å². The predicted molar refractivity (Wildman–Crippen MR) is 90.5 cm³/mol. The Kier molecular flexibility index (Phi) is 7.54. The number of hydrogen-bond donors (Lipinski definition) is 0. The molecule has 0 saturated carbocycles. The Morgan fingerprint density at radius 2 is 1.84 bits per heavy atom. The first kappa shape index (κ1) is 20.6. The van der Waals surface area contributed by atoms with E-state index in [-0.39, 0.29) is 13.2 Å². The van der Waals surface area contributed by atoms with E-state index >= 15 is 0 Å². The van der Waals surface area contributed by atoms with Crippen LogP contribution < -0.4 is 0 Å². The summed E-state index contributed by atoms with van der Waals surface area (Å²) in [5, 5.41) is 0. The van der Waals surface area contributed by atoms with Crippen LogP contribution in [0.2, 0.25) is 0 Å². The molecule has 1 rings (SSSR count). The summed E-state index contributed by atoms with van der Waals surface area (Å²) in [7, 11) is 0. The van der Waals surface area contributed by atoms with Crippen LogP contribution in [-0.2, 0) is 28.7 Å². The largest absolute Gasteiger partial charge is 0.461 e. The van der Waals surface area contributed by atoms with Crippen LogP contribution in [0.3, 0.4) is 0 Å². The number of esters is 2. The molecule has 7 heteroatoms. The molecule has 7 nitrogen and oxygen atoms in total. The van der Waals surface area contributed by atoms with E-state index in [9.17, 15) is 19.2 Å². The molecule has 1 amide bonds. The van der Waals surface area contributed by atoms with Crippen LogP contribution in [0, 0.1) is 5.41 Å². The Bertz CT molecular complexity index is 566. The molecule has 0 N–H and O–H groups in total. The molecule has 25 heavy (non-hydrogen) atoms. The first-order valence-corrected chi connectivity index (χ1v) is 8.16. The fourth-order valence-electron chi connectivity index (χ4n) is 2.45. The lowest BCUT2D eigenvalue weighted by Crippen LogP contribution is -2.53. The second-order valence-corrected chi connectivity index (χ2v) is 6.45. The molecule has 0 spiro atoms. The molecule has 138 valence electrons. The summed E-state index contributed by atoms with van der Waals surface area (Å²) in [5.74, 6) is -2.69. The minimum atomic E-state index is -1.21. The van der Waals surface area contributed by atoms with E-state index in [1.165, 1.54) is 24.8 Å². The van der Waals surface area contributed by atoms with Gasteiger partial charge in [-0.2, -0.15) is 0 Å². The number of carbonyl (C=O) groups is 4. The van der Waals surface area contributed by atoms with Crippen molar-refractivity contribution in [2.24, 2.45) is 5.41 Å². The Morgan fingerprint density at radius 1 is 1.16 bits per heavy atom. The van der Waals surface area contributed by atoms with Crippen LogP contribution in [0.1, 0.15) is 33.1 Å². The SMILES string of the molecule is C=CCOC(=O)[C@@H]1CCCCN1C(=O)C(=O)C(C)(C)COC(=O)C=C. The fourth-order valence-corrected chi connectivity index (χ4v) is 2.45. The third kappa shape index (κ3) is 5.55. The molecular formula is C18H25NO6. The van der Waals surface area contributed by atoms with Crippen molar-refractivity contribution in [3.05, 3.63) is 25.3 Å². The average molecular weight is 351 g/mol. The number of nitrogens with zero attached hydrogens (tertiary/aromatic N) is 1. The van der Waals surface area contributed by atoms with Gasteiger partial charge in [-0.05, 0) is 33.1 Å². The highest BCUT2D eigenvalue weighted by atomic mass is 16.5. The topological polar surface area (TPSA) is 90.0 Å². The molecule has 0 radical (unpaired) electrons. The van der Waals surface area contributed by atoms with Crippen molar-refractivity contribution in [1.29, 1.82) is 0 Å². The predicted octanol–water partition coefficient (Wildman–Crippen LogP) is 1.42. The van der Waals surface area contributed by atoms with Gasteiger partial charge in [-0.15, -0.1) is 0 Å². The minimum absolute atomic E-state index is 0.0499. The lowest BCUT2D eigenvalue weighted by Gasteiger charge is -2.35. The number of carbonyl (C=O) groups excluding carboxylic acids is 4. The van der Waals surface area contributed by atoms with Gasteiger partial charge in [-0.25, -0.2) is 9.59 Å². The Balaban J connectivity index is 2.84. The monoisotopic (exact) mass is 351 g/mol. The van der Waals surface area contributed by atoms with E-state index in [0.717, 1.165) is 12.5 Å². The number of ketones is 1. The zero-order chi connectivity index (χ0) is 19.0. The summed E-state index contributed by atoms with van der Waals surface area (Å²) in [6.07, 6.45) is 4.34. The van der Waals surface area contributed by atoms with Crippen LogP contribution in [0.5, 0.6) is 0 Å². The molecule has 0 unspecified atom stereocenters. The number of hydrogen-bond acceptors (Lipinski definition) is 6. The van der Waals surface area contributed by atoms with Gasteiger partial charge in [0.1, 0.15) is 19.3 Å². The van der Waals surface area contributed by atoms with Gasteiger partial charge in [-0.1, -0.05) is 19.2 Å². The van der Waals surface area contributed by atoms with Crippen molar-refractivity contribution < 1.29 is 28.7 Å². The number of ether oxygens (including phenoxy) is 2. The fraction of sp³-hybridized carbons (Fsp3) is 0.556. The van der Waals surface area contributed by atoms with Gasteiger partial charge in [0.15, 0.2) is 0 Å². The van der Waals surface area contributed by atoms with E-state index < -0.39 is 35.1 Å². The Labute approximate surface area is 147 Å². The van der Waals surface area contributed by atoms with Gasteiger partial charge < -0.3 is 14.4 Å². The molecule has 1 heterocycles. The van der Waals surface area contributed by atoms with E-state index in [0.29, 0.717) is 19.4 Å². The van der Waals surface area contributed by atoms with E-state index in [1.807, 2.05) is 0 Å². The van der Waals surface area contributed by atoms with Crippen molar-refractivity contribution in [3.8, 4) is 0 Å². The number of amides is 1. The third-order valence-electron chi connectivity index (χ3n) is 3.93. The second kappa shape index (κ2) is 9.15. The molecule has 0 aromatic heterocycles. The van der Waals surface area contributed by atoms with Crippen molar-refractivity contribution in [2.45, 2.75) is 39.2 Å². The molecule has 1 fully saturated rings. The first-order valence-electron chi connectivity index (χ1n) is 8.16. The normalized spacial score (nSPS) is 17.4. The molecule has 0 aliphatic carbocycles. The van der Waals surface area contributed by atoms with Gasteiger partial charge in [0.2, 0.25) is 5.78 Å². The van der Waals surface area contributed by atoms with E-state index in [2.05, 4.69) is 13.2 Å². The average Bonchev–Trinajstić information content (AvgIpc) is 2.62. The highest BCUT2D eigenvalue weighted by Crippen LogP contribution is 2.24. The minimum Gasteiger partial charge on any atom is -0.461 e. The van der Waals surface area contributed by atoms with Crippen molar-refractivity contribution in [3.63, 3.8) is 0 Å². The molecule has 0 bridgehead atoms. The lowest BCUT2D eigenvalue weighted by atomic mass is 9.87. The van der Waals surface area contributed by atoms with Gasteiger partial charge in [0.05, 0.1) is 5.41 Å². The van der Waals surface area contributed by atoms with Crippen molar-refractivity contribution in [1.82, 2.24) is 4.90 Å². The summed E-state index contributed by atoms with van der Waals surface area (Å²) in [4.78, 5) is 49.8. The molecule has 1 atom stereocenters. The Hall–Kier alpha value is -2.44. The van der Waals surface area contributed by atoms with Crippen LogP contribution in [0.15, 0.2) is 25.3 Å². The zero-order valence-electron chi connectivity index (χ0n) is 14.8. The Morgan fingerprint density at radius 3 is 2.44 bits per heavy atom. The molecule has 0 aromatic rings. The van der Waals surface area contributed by atoms with Crippen molar-refractivity contribution >= 4 is 23.6 Å². The van der Waals surface area contributed by atoms with Gasteiger partial charge in [0.25, 0.3) is 5.91 Å². The van der Waals surface area contributed by atoms with Crippen molar-refractivity contribution in [2.75, 3.05) is 19.8 Å². The maximum atomic E-state index is 12.6. The van der Waals surface area contributed by atoms with Gasteiger partial charge in [0, 0.05) is 12.6 Å². The van der Waals surface area contributed by atoms with Crippen LogP contribution >= 0.6 is 0 Å². The smallest absolute Gasteiger partial charge is 0.330 e. The summed E-state index contributed by atoms with van der Waals surface area (Å²) >= 11 is 0. The van der Waals surface area contributed by atoms with E-state index in [1.54, 1.807) is 0 Å². The summed E-state index contributed by atoms with van der Waals surface area (Å²) < 4.78 is 9.92. The molecule has 1 saturated heterocycles. The van der Waals surface area contributed by atoms with Gasteiger partial charge in [-0.3, -0.25) is 9.59 Å².